The van der Waals surface area contributed by atoms with Gasteiger partial charge in [0, 0.05) is 24.5 Å². The predicted octanol–water partition coefficient (Wildman–Crippen LogP) is 1.75. The third-order valence-corrected chi connectivity index (χ3v) is 2.73. The Hall–Kier alpha value is -2.83. The molecule has 1 heterocycles. The summed E-state index contributed by atoms with van der Waals surface area (Å²) in [5.41, 5.74) is 0.244. The first-order valence-electron chi connectivity index (χ1n) is 6.08. The number of benzene rings is 1. The molecule has 1 N–H and O–H groups in total. The molecule has 0 spiro atoms. The Labute approximate surface area is 121 Å². The molecule has 0 aliphatic heterocycles. The smallest absolute Gasteiger partial charge is 0.265 e. The lowest BCUT2D eigenvalue weighted by Gasteiger charge is -2.14. The summed E-state index contributed by atoms with van der Waals surface area (Å²) < 4.78 is 15.6. The number of amides is 1. The lowest BCUT2D eigenvalue weighted by Crippen LogP contribution is -2.16. The van der Waals surface area contributed by atoms with Crippen molar-refractivity contribution in [3.63, 3.8) is 0 Å². The molecule has 21 heavy (non-hydrogen) atoms. The number of aromatic nitrogens is 2. The van der Waals surface area contributed by atoms with E-state index >= 15 is 0 Å². The SMILES string of the molecule is COc1cc(OC)c(C(=O)Nc2ncccn2)c(OC)c1. The third kappa shape index (κ3) is 3.19. The van der Waals surface area contributed by atoms with Crippen molar-refractivity contribution in [2.45, 2.75) is 0 Å². The first-order chi connectivity index (χ1) is 10.2. The van der Waals surface area contributed by atoms with E-state index in [2.05, 4.69) is 15.3 Å². The summed E-state index contributed by atoms with van der Waals surface area (Å²) in [7, 11) is 4.44. The van der Waals surface area contributed by atoms with Crippen molar-refractivity contribution in [1.29, 1.82) is 0 Å². The van der Waals surface area contributed by atoms with Crippen molar-refractivity contribution >= 4 is 11.9 Å². The van der Waals surface area contributed by atoms with E-state index < -0.39 is 5.91 Å². The molecule has 0 saturated carbocycles. The van der Waals surface area contributed by atoms with Gasteiger partial charge < -0.3 is 14.2 Å². The number of hydrogen-bond acceptors (Lipinski definition) is 6. The average Bonchev–Trinajstić information content (AvgIpc) is 2.54. The van der Waals surface area contributed by atoms with Crippen LogP contribution >= 0.6 is 0 Å². The van der Waals surface area contributed by atoms with E-state index in [1.807, 2.05) is 0 Å². The summed E-state index contributed by atoms with van der Waals surface area (Å²) in [5, 5.41) is 2.58. The van der Waals surface area contributed by atoms with Crippen molar-refractivity contribution in [3.05, 3.63) is 36.2 Å². The van der Waals surface area contributed by atoms with Crippen LogP contribution in [-0.4, -0.2) is 37.2 Å². The van der Waals surface area contributed by atoms with Gasteiger partial charge in [0.05, 0.1) is 21.3 Å². The van der Waals surface area contributed by atoms with E-state index in [9.17, 15) is 4.79 Å². The maximum absolute atomic E-state index is 12.4. The molecule has 2 aromatic rings. The molecular formula is C14H15N3O4. The minimum Gasteiger partial charge on any atom is -0.496 e. The molecule has 1 aromatic heterocycles. The van der Waals surface area contributed by atoms with Crippen LogP contribution in [0.1, 0.15) is 10.4 Å². The fourth-order valence-electron chi connectivity index (χ4n) is 1.76. The number of methoxy groups -OCH3 is 3. The lowest BCUT2D eigenvalue weighted by atomic mass is 10.1. The molecule has 2 rings (SSSR count). The molecule has 0 aliphatic carbocycles. The van der Waals surface area contributed by atoms with Crippen LogP contribution in [0.3, 0.4) is 0 Å². The summed E-state index contributed by atoms with van der Waals surface area (Å²) >= 11 is 0. The number of ether oxygens (including phenoxy) is 3. The summed E-state index contributed by atoms with van der Waals surface area (Å²) in [4.78, 5) is 20.3. The minimum absolute atomic E-state index is 0.197. The highest BCUT2D eigenvalue weighted by Gasteiger charge is 2.21. The van der Waals surface area contributed by atoms with Crippen molar-refractivity contribution in [2.24, 2.45) is 0 Å². The van der Waals surface area contributed by atoms with Crippen LogP contribution in [0.5, 0.6) is 17.2 Å². The maximum Gasteiger partial charge on any atom is 0.265 e. The van der Waals surface area contributed by atoms with Crippen molar-refractivity contribution in [3.8, 4) is 17.2 Å². The van der Waals surface area contributed by atoms with E-state index in [0.717, 1.165) is 0 Å². The summed E-state index contributed by atoms with van der Waals surface area (Å²) in [6, 6.07) is 4.86. The number of carbonyl (C=O) groups is 1. The van der Waals surface area contributed by atoms with Gasteiger partial charge in [-0.25, -0.2) is 9.97 Å². The quantitative estimate of drug-likeness (QED) is 0.903. The second-order valence-electron chi connectivity index (χ2n) is 3.93. The van der Waals surface area contributed by atoms with Crippen LogP contribution < -0.4 is 19.5 Å². The van der Waals surface area contributed by atoms with E-state index in [-0.39, 0.29) is 11.5 Å². The third-order valence-electron chi connectivity index (χ3n) is 2.73. The van der Waals surface area contributed by atoms with Crippen molar-refractivity contribution < 1.29 is 19.0 Å². The highest BCUT2D eigenvalue weighted by Crippen LogP contribution is 2.34. The monoisotopic (exact) mass is 289 g/mol. The Morgan fingerprint density at radius 1 is 1.00 bits per heavy atom. The van der Waals surface area contributed by atoms with Crippen molar-refractivity contribution in [1.82, 2.24) is 9.97 Å². The zero-order valence-corrected chi connectivity index (χ0v) is 11.9. The van der Waals surface area contributed by atoms with Gasteiger partial charge in [-0.05, 0) is 6.07 Å². The number of carbonyl (C=O) groups excluding carboxylic acids is 1. The molecule has 7 nitrogen and oxygen atoms in total. The Morgan fingerprint density at radius 3 is 2.05 bits per heavy atom. The normalized spacial score (nSPS) is 9.86. The highest BCUT2D eigenvalue weighted by molar-refractivity contribution is 6.07. The topological polar surface area (TPSA) is 82.6 Å². The molecule has 0 bridgehead atoms. The van der Waals surface area contributed by atoms with Crippen molar-refractivity contribution in [2.75, 3.05) is 26.6 Å². The van der Waals surface area contributed by atoms with Gasteiger partial charge in [0.2, 0.25) is 5.95 Å². The minimum atomic E-state index is -0.433. The second kappa shape index (κ2) is 6.56. The fourth-order valence-corrected chi connectivity index (χ4v) is 1.76. The van der Waals surface area contributed by atoms with Gasteiger partial charge in [-0.15, -0.1) is 0 Å². The first-order valence-corrected chi connectivity index (χ1v) is 6.08. The van der Waals surface area contributed by atoms with Crippen LogP contribution in [0.15, 0.2) is 30.6 Å². The van der Waals surface area contributed by atoms with Crippen LogP contribution in [0.4, 0.5) is 5.95 Å². The molecule has 0 radical (unpaired) electrons. The number of nitrogens with one attached hydrogen (secondary N) is 1. The number of rotatable bonds is 5. The number of nitrogens with zero attached hydrogens (tertiary/aromatic N) is 2. The van der Waals surface area contributed by atoms with Gasteiger partial charge in [-0.1, -0.05) is 0 Å². The highest BCUT2D eigenvalue weighted by atomic mass is 16.5. The van der Waals surface area contributed by atoms with Crippen LogP contribution in [0.2, 0.25) is 0 Å². The number of anilines is 1. The number of hydrogen-bond donors (Lipinski definition) is 1. The van der Waals surface area contributed by atoms with Gasteiger partial charge in [-0.3, -0.25) is 10.1 Å². The zero-order valence-electron chi connectivity index (χ0n) is 11.9. The second-order valence-corrected chi connectivity index (χ2v) is 3.93. The molecule has 0 atom stereocenters. The van der Waals surface area contributed by atoms with E-state index in [1.54, 1.807) is 18.2 Å². The Morgan fingerprint density at radius 2 is 1.57 bits per heavy atom. The molecule has 0 unspecified atom stereocenters. The first kappa shape index (κ1) is 14.6. The Balaban J connectivity index is 2.39. The van der Waals surface area contributed by atoms with Gasteiger partial charge in [0.15, 0.2) is 0 Å². The molecule has 0 fully saturated rings. The van der Waals surface area contributed by atoms with Crippen LogP contribution in [0.25, 0.3) is 0 Å². The van der Waals surface area contributed by atoms with Gasteiger partial charge >= 0.3 is 0 Å². The summed E-state index contributed by atoms with van der Waals surface area (Å²) in [5.74, 6) is 0.954. The van der Waals surface area contributed by atoms with E-state index in [1.165, 1.54) is 33.7 Å². The van der Waals surface area contributed by atoms with Gasteiger partial charge in [-0.2, -0.15) is 0 Å². The molecule has 110 valence electrons. The molecule has 1 aromatic carbocycles. The summed E-state index contributed by atoms with van der Waals surface area (Å²) in [6.45, 7) is 0. The average molecular weight is 289 g/mol. The molecule has 0 aliphatic rings. The molecule has 0 saturated heterocycles. The van der Waals surface area contributed by atoms with Crippen LogP contribution in [-0.2, 0) is 0 Å². The van der Waals surface area contributed by atoms with E-state index in [4.69, 9.17) is 14.2 Å². The lowest BCUT2D eigenvalue weighted by molar-refractivity contribution is 0.102. The molecular weight excluding hydrogens is 274 g/mol. The van der Waals surface area contributed by atoms with Crippen LogP contribution in [0, 0.1) is 0 Å². The fraction of sp³-hybridized carbons (Fsp3) is 0.214. The Kier molecular flexibility index (Phi) is 4.55. The maximum atomic E-state index is 12.4. The largest absolute Gasteiger partial charge is 0.496 e. The van der Waals surface area contributed by atoms with E-state index in [0.29, 0.717) is 17.2 Å². The molecule has 1 amide bonds. The predicted molar refractivity (Wildman–Crippen MR) is 76.1 cm³/mol. The van der Waals surface area contributed by atoms with Gasteiger partial charge in [0.25, 0.3) is 5.91 Å². The zero-order chi connectivity index (χ0) is 15.2. The Bertz CT molecular complexity index is 606. The van der Waals surface area contributed by atoms with Gasteiger partial charge in [0.1, 0.15) is 22.8 Å². The standard InChI is InChI=1S/C14H15N3O4/c1-19-9-7-10(20-2)12(11(8-9)21-3)13(18)17-14-15-5-4-6-16-14/h4-8H,1-3H3,(H,15,16,17,18). The molecule has 7 heteroatoms. The summed E-state index contributed by atoms with van der Waals surface area (Å²) in [6.07, 6.45) is 3.07.